The maximum Gasteiger partial charge on any atom is 0.251 e. The van der Waals surface area contributed by atoms with Crippen molar-refractivity contribution in [3.63, 3.8) is 0 Å². The first-order chi connectivity index (χ1) is 11.4. The molecule has 7 nitrogen and oxygen atoms in total. The highest BCUT2D eigenvalue weighted by molar-refractivity contribution is 7.89. The Balaban J connectivity index is 1.68. The lowest BCUT2D eigenvalue weighted by atomic mass is 10.0. The van der Waals surface area contributed by atoms with Gasteiger partial charge in [0.2, 0.25) is 10.0 Å². The first kappa shape index (κ1) is 16.7. The molecule has 1 unspecified atom stereocenters. The Morgan fingerprint density at radius 3 is 2.62 bits per heavy atom. The van der Waals surface area contributed by atoms with E-state index in [0.717, 1.165) is 29.4 Å². The number of hydrogen-bond acceptors (Lipinski definition) is 4. The molecule has 0 aliphatic carbocycles. The van der Waals surface area contributed by atoms with Gasteiger partial charge in [-0.1, -0.05) is 0 Å². The number of nitrogens with one attached hydrogen (secondary N) is 1. The van der Waals surface area contributed by atoms with Crippen LogP contribution in [0.4, 0.5) is 0 Å². The van der Waals surface area contributed by atoms with Gasteiger partial charge in [-0.3, -0.25) is 9.48 Å². The van der Waals surface area contributed by atoms with Crippen LogP contribution in [0.5, 0.6) is 0 Å². The Morgan fingerprint density at radius 1 is 1.25 bits per heavy atom. The van der Waals surface area contributed by atoms with Crippen LogP contribution in [0.2, 0.25) is 0 Å². The number of fused-ring (bicyclic) bond motifs is 1. The van der Waals surface area contributed by atoms with Gasteiger partial charge in [-0.25, -0.2) is 12.7 Å². The van der Waals surface area contributed by atoms with E-state index in [1.54, 1.807) is 18.3 Å². The predicted molar refractivity (Wildman–Crippen MR) is 89.1 cm³/mol. The Morgan fingerprint density at radius 2 is 1.96 bits per heavy atom. The summed E-state index contributed by atoms with van der Waals surface area (Å²) in [5.41, 5.74) is 1.56. The topological polar surface area (TPSA) is 84.3 Å². The third kappa shape index (κ3) is 3.20. The van der Waals surface area contributed by atoms with Crippen molar-refractivity contribution in [3.05, 3.63) is 47.8 Å². The van der Waals surface area contributed by atoms with Gasteiger partial charge < -0.3 is 5.32 Å². The average Bonchev–Trinajstić information content (AvgIpc) is 3.02. The van der Waals surface area contributed by atoms with E-state index in [1.807, 2.05) is 10.7 Å². The van der Waals surface area contributed by atoms with Crippen molar-refractivity contribution < 1.29 is 13.2 Å². The molecule has 8 heteroatoms. The van der Waals surface area contributed by atoms with Crippen molar-refractivity contribution in [3.8, 4) is 0 Å². The van der Waals surface area contributed by atoms with Crippen LogP contribution in [-0.4, -0.2) is 48.5 Å². The number of hydrogen-bond donors (Lipinski definition) is 1. The van der Waals surface area contributed by atoms with Gasteiger partial charge in [0.05, 0.1) is 4.90 Å². The molecule has 0 fully saturated rings. The monoisotopic (exact) mass is 348 g/mol. The van der Waals surface area contributed by atoms with Gasteiger partial charge in [0, 0.05) is 50.6 Å². The first-order valence-electron chi connectivity index (χ1n) is 7.72. The van der Waals surface area contributed by atoms with Crippen molar-refractivity contribution in [1.82, 2.24) is 19.4 Å². The number of aromatic nitrogens is 2. The molecule has 1 amide bonds. The van der Waals surface area contributed by atoms with Crippen LogP contribution in [0, 0.1) is 0 Å². The molecule has 1 N–H and O–H groups in total. The van der Waals surface area contributed by atoms with Gasteiger partial charge in [0.25, 0.3) is 5.91 Å². The second-order valence-corrected chi connectivity index (χ2v) is 8.17. The quantitative estimate of drug-likeness (QED) is 0.889. The van der Waals surface area contributed by atoms with Crippen molar-refractivity contribution in [2.24, 2.45) is 0 Å². The molecule has 1 atom stereocenters. The number of carbonyl (C=O) groups excluding carboxylic acids is 1. The fraction of sp³-hybridized carbons (Fsp3) is 0.375. The third-order valence-corrected chi connectivity index (χ3v) is 6.01. The van der Waals surface area contributed by atoms with Gasteiger partial charge in [0.15, 0.2) is 0 Å². The Labute approximate surface area is 141 Å². The fourth-order valence-corrected chi connectivity index (χ4v) is 3.65. The summed E-state index contributed by atoms with van der Waals surface area (Å²) < 4.78 is 27.2. The molecular weight excluding hydrogens is 328 g/mol. The second-order valence-electron chi connectivity index (χ2n) is 6.02. The molecule has 1 aliphatic heterocycles. The Bertz CT molecular complexity index is 840. The number of benzene rings is 1. The molecule has 3 rings (SSSR count). The highest BCUT2D eigenvalue weighted by Crippen LogP contribution is 2.16. The zero-order valence-electron chi connectivity index (χ0n) is 13.6. The minimum absolute atomic E-state index is 0.0619. The summed E-state index contributed by atoms with van der Waals surface area (Å²) in [7, 11) is -0.530. The van der Waals surface area contributed by atoms with Crippen molar-refractivity contribution >= 4 is 15.9 Å². The molecule has 128 valence electrons. The molecule has 24 heavy (non-hydrogen) atoms. The number of nitrogens with zero attached hydrogens (tertiary/aromatic N) is 3. The summed E-state index contributed by atoms with van der Waals surface area (Å²) >= 11 is 0. The van der Waals surface area contributed by atoms with Crippen LogP contribution < -0.4 is 5.32 Å². The van der Waals surface area contributed by atoms with Gasteiger partial charge in [0.1, 0.15) is 0 Å². The van der Waals surface area contributed by atoms with Crippen LogP contribution in [-0.2, 0) is 23.0 Å². The van der Waals surface area contributed by atoms with Crippen LogP contribution >= 0.6 is 0 Å². The maximum absolute atomic E-state index is 12.4. The lowest BCUT2D eigenvalue weighted by Crippen LogP contribution is -2.40. The summed E-state index contributed by atoms with van der Waals surface area (Å²) in [6.45, 7) is 0.785. The SMILES string of the molecule is CN(C)S(=O)(=O)c1ccc(C(=O)NC2CCn3nccc3C2)cc1. The lowest BCUT2D eigenvalue weighted by Gasteiger charge is -2.24. The molecule has 0 saturated carbocycles. The number of carbonyl (C=O) groups is 1. The summed E-state index contributed by atoms with van der Waals surface area (Å²) in [5.74, 6) is -0.193. The van der Waals surface area contributed by atoms with E-state index in [4.69, 9.17) is 0 Å². The molecule has 2 aromatic rings. The van der Waals surface area contributed by atoms with Crippen LogP contribution in [0.25, 0.3) is 0 Å². The Hall–Kier alpha value is -2.19. The maximum atomic E-state index is 12.4. The minimum atomic E-state index is -3.48. The zero-order chi connectivity index (χ0) is 17.3. The van der Waals surface area contributed by atoms with E-state index < -0.39 is 10.0 Å². The van der Waals surface area contributed by atoms with E-state index in [-0.39, 0.29) is 16.8 Å². The zero-order valence-corrected chi connectivity index (χ0v) is 14.5. The van der Waals surface area contributed by atoms with E-state index >= 15 is 0 Å². The van der Waals surface area contributed by atoms with Gasteiger partial charge >= 0.3 is 0 Å². The fourth-order valence-electron chi connectivity index (χ4n) is 2.75. The van der Waals surface area contributed by atoms with Gasteiger partial charge in [-0.05, 0) is 36.8 Å². The van der Waals surface area contributed by atoms with Gasteiger partial charge in [-0.15, -0.1) is 0 Å². The largest absolute Gasteiger partial charge is 0.349 e. The molecule has 1 aromatic carbocycles. The highest BCUT2D eigenvalue weighted by Gasteiger charge is 2.22. The summed E-state index contributed by atoms with van der Waals surface area (Å²) in [6.07, 6.45) is 3.34. The van der Waals surface area contributed by atoms with Crippen LogP contribution in [0.3, 0.4) is 0 Å². The molecule has 1 aromatic heterocycles. The van der Waals surface area contributed by atoms with Gasteiger partial charge in [-0.2, -0.15) is 5.10 Å². The summed E-state index contributed by atoms with van der Waals surface area (Å²) in [6, 6.07) is 8.02. The van der Waals surface area contributed by atoms with E-state index in [2.05, 4.69) is 10.4 Å². The highest BCUT2D eigenvalue weighted by atomic mass is 32.2. The van der Waals surface area contributed by atoms with Crippen LogP contribution in [0.15, 0.2) is 41.4 Å². The summed E-state index contributed by atoms with van der Waals surface area (Å²) in [5, 5.41) is 7.23. The lowest BCUT2D eigenvalue weighted by molar-refractivity contribution is 0.0930. The molecule has 2 heterocycles. The second kappa shape index (κ2) is 6.37. The summed E-state index contributed by atoms with van der Waals surface area (Å²) in [4.78, 5) is 12.5. The number of sulfonamides is 1. The third-order valence-electron chi connectivity index (χ3n) is 4.18. The number of rotatable bonds is 4. The number of amides is 1. The van der Waals surface area contributed by atoms with Crippen molar-refractivity contribution in [2.45, 2.75) is 30.3 Å². The smallest absolute Gasteiger partial charge is 0.251 e. The molecule has 1 aliphatic rings. The van der Waals surface area contributed by atoms with E-state index in [0.29, 0.717) is 5.56 Å². The average molecular weight is 348 g/mol. The molecular formula is C16H20N4O3S. The molecule has 0 radical (unpaired) electrons. The Kier molecular flexibility index (Phi) is 4.42. The minimum Gasteiger partial charge on any atom is -0.349 e. The van der Waals surface area contributed by atoms with E-state index in [1.165, 1.54) is 26.2 Å². The van der Waals surface area contributed by atoms with E-state index in [9.17, 15) is 13.2 Å². The molecule has 0 saturated heterocycles. The molecule has 0 spiro atoms. The standard InChI is InChI=1S/C16H20N4O3S/c1-19(2)24(22,23)15-5-3-12(4-6-15)16(21)18-13-8-10-20-14(11-13)7-9-17-20/h3-7,9,13H,8,10-11H2,1-2H3,(H,18,21). The number of aryl methyl sites for hydroxylation is 1. The normalized spacial score (nSPS) is 17.5. The van der Waals surface area contributed by atoms with Crippen LogP contribution in [0.1, 0.15) is 22.5 Å². The van der Waals surface area contributed by atoms with Crippen molar-refractivity contribution in [2.75, 3.05) is 14.1 Å². The predicted octanol–water partition coefficient (Wildman–Crippen LogP) is 0.878. The van der Waals surface area contributed by atoms with Crippen molar-refractivity contribution in [1.29, 1.82) is 0 Å². The molecule has 0 bridgehead atoms. The first-order valence-corrected chi connectivity index (χ1v) is 9.16.